The summed E-state index contributed by atoms with van der Waals surface area (Å²) in [6.07, 6.45) is 3.36. The molecule has 0 saturated carbocycles. The lowest BCUT2D eigenvalue weighted by molar-refractivity contribution is -0.117. The quantitative estimate of drug-likeness (QED) is 0.755. The second kappa shape index (κ2) is 8.87. The maximum Gasteiger partial charge on any atom is 0.241 e. The number of carbonyl (C=O) groups excluding carboxylic acids is 1. The Hall–Kier alpha value is -1.82. The van der Waals surface area contributed by atoms with Crippen molar-refractivity contribution in [1.82, 2.24) is 0 Å². The van der Waals surface area contributed by atoms with Crippen LogP contribution in [0.15, 0.2) is 58.3 Å². The Balaban J connectivity index is 2.11. The van der Waals surface area contributed by atoms with Crippen molar-refractivity contribution >= 4 is 22.8 Å². The second-order valence-electron chi connectivity index (χ2n) is 5.82. The Labute approximate surface area is 146 Å². The molecule has 2 unspecified atom stereocenters. The van der Waals surface area contributed by atoms with E-state index in [1.165, 1.54) is 5.56 Å². The van der Waals surface area contributed by atoms with E-state index in [4.69, 9.17) is 5.73 Å². The molecule has 4 nitrogen and oxygen atoms in total. The van der Waals surface area contributed by atoms with Gasteiger partial charge in [-0.3, -0.25) is 4.79 Å². The normalized spacial score (nSPS) is 13.3. The number of carbonyl (C=O) groups is 1. The van der Waals surface area contributed by atoms with E-state index in [1.54, 1.807) is 31.2 Å². The molecule has 2 aromatic carbocycles. The Morgan fingerprint density at radius 1 is 1.21 bits per heavy atom. The van der Waals surface area contributed by atoms with Gasteiger partial charge in [0.05, 0.1) is 6.04 Å². The third-order valence-corrected chi connectivity index (χ3v) is 5.07. The summed E-state index contributed by atoms with van der Waals surface area (Å²) in [6.45, 7) is 3.79. The minimum Gasteiger partial charge on any atom is -0.606 e. The molecule has 2 aromatic rings. The molecule has 5 heteroatoms. The molecular formula is C19H24N2O2S. The van der Waals surface area contributed by atoms with E-state index >= 15 is 0 Å². The molecular weight excluding hydrogens is 320 g/mol. The fraction of sp³-hybridized carbons (Fsp3) is 0.316. The first-order chi connectivity index (χ1) is 11.5. The van der Waals surface area contributed by atoms with E-state index in [2.05, 4.69) is 12.2 Å². The lowest BCUT2D eigenvalue weighted by Gasteiger charge is -2.12. The summed E-state index contributed by atoms with van der Waals surface area (Å²) in [6, 6.07) is 14.4. The van der Waals surface area contributed by atoms with Gasteiger partial charge in [0.25, 0.3) is 0 Å². The molecule has 0 radical (unpaired) electrons. The lowest BCUT2D eigenvalue weighted by Crippen LogP contribution is -2.32. The highest BCUT2D eigenvalue weighted by Gasteiger charge is 2.16. The van der Waals surface area contributed by atoms with Gasteiger partial charge in [-0.25, -0.2) is 0 Å². The minimum atomic E-state index is -1.28. The molecule has 0 aliphatic heterocycles. The van der Waals surface area contributed by atoms with Crippen LogP contribution in [0, 0.1) is 0 Å². The first-order valence-electron chi connectivity index (χ1n) is 8.18. The van der Waals surface area contributed by atoms with Crippen LogP contribution >= 0.6 is 0 Å². The largest absolute Gasteiger partial charge is 0.606 e. The minimum absolute atomic E-state index is 0.266. The van der Waals surface area contributed by atoms with Crippen molar-refractivity contribution in [1.29, 1.82) is 0 Å². The third kappa shape index (κ3) is 5.09. The zero-order valence-corrected chi connectivity index (χ0v) is 14.9. The average molecular weight is 344 g/mol. The number of rotatable bonds is 7. The van der Waals surface area contributed by atoms with Crippen LogP contribution in [0.4, 0.5) is 5.69 Å². The van der Waals surface area contributed by atoms with Crippen LogP contribution in [0.25, 0.3) is 0 Å². The maximum absolute atomic E-state index is 12.7. The maximum atomic E-state index is 12.7. The number of amides is 1. The van der Waals surface area contributed by atoms with E-state index in [9.17, 15) is 9.35 Å². The first kappa shape index (κ1) is 18.5. The Bertz CT molecular complexity index is 671. The van der Waals surface area contributed by atoms with Crippen LogP contribution in [0.1, 0.15) is 32.3 Å². The molecule has 2 atom stereocenters. The number of aryl methyl sites for hydroxylation is 1. The van der Waals surface area contributed by atoms with Gasteiger partial charge in [0, 0.05) is 22.9 Å². The molecule has 0 aliphatic rings. The van der Waals surface area contributed by atoms with Gasteiger partial charge in [-0.2, -0.15) is 0 Å². The van der Waals surface area contributed by atoms with Gasteiger partial charge in [0.2, 0.25) is 5.91 Å². The van der Waals surface area contributed by atoms with E-state index in [-0.39, 0.29) is 5.91 Å². The Kier molecular flexibility index (Phi) is 6.85. The molecule has 1 amide bonds. The van der Waals surface area contributed by atoms with Crippen LogP contribution < -0.4 is 11.1 Å². The Morgan fingerprint density at radius 3 is 2.54 bits per heavy atom. The van der Waals surface area contributed by atoms with Crippen molar-refractivity contribution in [2.45, 2.75) is 48.9 Å². The van der Waals surface area contributed by atoms with Gasteiger partial charge in [-0.1, -0.05) is 31.5 Å². The summed E-state index contributed by atoms with van der Waals surface area (Å²) in [5.74, 6) is -0.266. The molecule has 0 saturated heterocycles. The smallest absolute Gasteiger partial charge is 0.241 e. The zero-order valence-electron chi connectivity index (χ0n) is 14.1. The fourth-order valence-electron chi connectivity index (χ4n) is 2.24. The number of unbranched alkanes of at least 4 members (excludes halogenated alkanes) is 1. The summed E-state index contributed by atoms with van der Waals surface area (Å²) in [7, 11) is 0. The van der Waals surface area contributed by atoms with Crippen LogP contribution in [-0.4, -0.2) is 16.5 Å². The zero-order chi connectivity index (χ0) is 17.5. The molecule has 3 N–H and O–H groups in total. The molecule has 0 aromatic heterocycles. The van der Waals surface area contributed by atoms with Crippen LogP contribution in [0.5, 0.6) is 0 Å². The highest BCUT2D eigenvalue weighted by molar-refractivity contribution is 7.91. The predicted octanol–water partition coefficient (Wildman–Crippen LogP) is 3.48. The number of benzene rings is 2. The highest BCUT2D eigenvalue weighted by atomic mass is 32.2. The van der Waals surface area contributed by atoms with Gasteiger partial charge in [-0.05, 0) is 49.6 Å². The third-order valence-electron chi connectivity index (χ3n) is 3.69. The van der Waals surface area contributed by atoms with Crippen LogP contribution in [0.3, 0.4) is 0 Å². The number of nitrogens with one attached hydrogen (secondary N) is 1. The summed E-state index contributed by atoms with van der Waals surface area (Å²) >= 11 is -1.28. The van der Waals surface area contributed by atoms with Gasteiger partial charge in [0.15, 0.2) is 9.79 Å². The van der Waals surface area contributed by atoms with E-state index in [0.29, 0.717) is 10.6 Å². The van der Waals surface area contributed by atoms with Crippen molar-refractivity contribution in [3.05, 3.63) is 54.1 Å². The number of nitrogens with two attached hydrogens (primary N) is 1. The molecule has 24 heavy (non-hydrogen) atoms. The summed E-state index contributed by atoms with van der Waals surface area (Å²) in [5, 5.41) is 2.72. The molecule has 0 heterocycles. The number of hydrogen-bond acceptors (Lipinski definition) is 3. The van der Waals surface area contributed by atoms with Crippen LogP contribution in [0.2, 0.25) is 0 Å². The van der Waals surface area contributed by atoms with E-state index < -0.39 is 17.2 Å². The summed E-state index contributed by atoms with van der Waals surface area (Å²) < 4.78 is 12.7. The number of hydrogen-bond donors (Lipinski definition) is 2. The van der Waals surface area contributed by atoms with E-state index in [0.717, 1.165) is 24.2 Å². The average Bonchev–Trinajstić information content (AvgIpc) is 2.60. The van der Waals surface area contributed by atoms with Gasteiger partial charge in [0.1, 0.15) is 0 Å². The Morgan fingerprint density at radius 2 is 1.92 bits per heavy atom. The van der Waals surface area contributed by atoms with Gasteiger partial charge < -0.3 is 15.6 Å². The SMILES string of the molecule is CCCCc1ccc([S+]([O-])c2cccc(NC(=O)C(C)N)c2)cc1. The molecule has 0 fully saturated rings. The van der Waals surface area contributed by atoms with Crippen molar-refractivity contribution in [3.63, 3.8) is 0 Å². The van der Waals surface area contributed by atoms with Gasteiger partial charge >= 0.3 is 0 Å². The summed E-state index contributed by atoms with van der Waals surface area (Å²) in [4.78, 5) is 13.1. The van der Waals surface area contributed by atoms with E-state index in [1.807, 2.05) is 24.3 Å². The van der Waals surface area contributed by atoms with Crippen LogP contribution in [-0.2, 0) is 22.4 Å². The fourth-order valence-corrected chi connectivity index (χ4v) is 3.33. The predicted molar refractivity (Wildman–Crippen MR) is 98.4 cm³/mol. The first-order valence-corrected chi connectivity index (χ1v) is 9.33. The molecule has 0 aliphatic carbocycles. The second-order valence-corrected chi connectivity index (χ2v) is 7.30. The summed E-state index contributed by atoms with van der Waals surface area (Å²) in [5.41, 5.74) is 7.41. The molecule has 0 spiro atoms. The topological polar surface area (TPSA) is 78.2 Å². The molecule has 0 bridgehead atoms. The number of anilines is 1. The van der Waals surface area contributed by atoms with Crippen molar-refractivity contribution < 1.29 is 9.35 Å². The van der Waals surface area contributed by atoms with Gasteiger partial charge in [-0.15, -0.1) is 0 Å². The van der Waals surface area contributed by atoms with Crippen molar-refractivity contribution in [3.8, 4) is 0 Å². The molecule has 128 valence electrons. The van der Waals surface area contributed by atoms with Crippen molar-refractivity contribution in [2.75, 3.05) is 5.32 Å². The molecule has 2 rings (SSSR count). The lowest BCUT2D eigenvalue weighted by atomic mass is 10.1. The monoisotopic (exact) mass is 344 g/mol. The standard InChI is InChI=1S/C19H24N2O2S/c1-3-4-6-15-9-11-17(12-10-15)24(23)18-8-5-7-16(13-18)21-19(22)14(2)20/h5,7-14H,3-4,6,20H2,1-2H3,(H,21,22). The highest BCUT2D eigenvalue weighted by Crippen LogP contribution is 2.24. The van der Waals surface area contributed by atoms with Crippen molar-refractivity contribution in [2.24, 2.45) is 5.73 Å².